The smallest absolute Gasteiger partial charge is 0.485 e. The van der Waals surface area contributed by atoms with Crippen LogP contribution in [-0.2, 0) is 72.1 Å². The van der Waals surface area contributed by atoms with E-state index in [0.29, 0.717) is 5.56 Å². The van der Waals surface area contributed by atoms with Gasteiger partial charge in [0.2, 0.25) is 0 Å². The molecule has 2 atom stereocenters. The summed E-state index contributed by atoms with van der Waals surface area (Å²) in [6, 6.07) is 50.0. The minimum absolute atomic E-state index is 0.0183. The average Bonchev–Trinajstić information content (AvgIpc) is 3.32. The Hall–Kier alpha value is -6.76. The lowest BCUT2D eigenvalue weighted by atomic mass is 9.93. The van der Waals surface area contributed by atoms with Crippen molar-refractivity contribution in [2.45, 2.75) is 64.9 Å². The largest absolute Gasteiger partial charge is 0.530 e. The van der Waals surface area contributed by atoms with E-state index < -0.39 is 37.4 Å². The minimum Gasteiger partial charge on any atom is -0.485 e. The fourth-order valence-electron chi connectivity index (χ4n) is 6.03. The topological polar surface area (TPSA) is 160 Å². The number of nitrogens with one attached hydrogen (secondary N) is 3. The van der Waals surface area contributed by atoms with Crippen molar-refractivity contribution < 1.29 is 46.7 Å². The fourth-order valence-corrected chi connectivity index (χ4v) is 7.21. The molecule has 326 valence electrons. The van der Waals surface area contributed by atoms with Crippen LogP contribution in [0.15, 0.2) is 170 Å². The van der Waals surface area contributed by atoms with E-state index in [1.54, 1.807) is 25.1 Å². The van der Waals surface area contributed by atoms with Crippen LogP contribution in [0.25, 0.3) is 0 Å². The molecule has 0 saturated heterocycles. The summed E-state index contributed by atoms with van der Waals surface area (Å²) in [5.41, 5.74) is 8.31. The van der Waals surface area contributed by atoms with Crippen LogP contribution in [0.3, 0.4) is 0 Å². The van der Waals surface area contributed by atoms with Gasteiger partial charge < -0.3 is 24.1 Å². The molecule has 0 heterocycles. The lowest BCUT2D eigenvalue weighted by Gasteiger charge is -2.30. The molecule has 14 heteroatoms. The quantitative estimate of drug-likeness (QED) is 0.0339. The molecule has 0 aliphatic rings. The first-order valence-corrected chi connectivity index (χ1v) is 21.7. The molecular formula is C49H50N3O10P. The Labute approximate surface area is 367 Å². The van der Waals surface area contributed by atoms with Gasteiger partial charge in [0.1, 0.15) is 31.4 Å². The summed E-state index contributed by atoms with van der Waals surface area (Å²) in [5, 5.41) is 2.50. The second kappa shape index (κ2) is 22.9. The van der Waals surface area contributed by atoms with Crippen LogP contribution in [0, 0.1) is 0 Å². The van der Waals surface area contributed by atoms with Crippen molar-refractivity contribution in [1.29, 1.82) is 0 Å². The van der Waals surface area contributed by atoms with E-state index in [4.69, 9.17) is 27.8 Å². The number of amides is 2. The van der Waals surface area contributed by atoms with Crippen molar-refractivity contribution in [2.75, 3.05) is 0 Å². The highest BCUT2D eigenvalue weighted by atomic mass is 31.2. The van der Waals surface area contributed by atoms with Crippen LogP contribution < -0.4 is 25.4 Å². The number of ether oxygens (including phenoxy) is 3. The normalized spacial score (nSPS) is 12.5. The molecule has 63 heavy (non-hydrogen) atoms. The Morgan fingerprint density at radius 2 is 1.00 bits per heavy atom. The van der Waals surface area contributed by atoms with Gasteiger partial charge in [0, 0.05) is 6.42 Å². The maximum absolute atomic E-state index is 14.5. The highest BCUT2D eigenvalue weighted by Crippen LogP contribution is 2.53. The van der Waals surface area contributed by atoms with Gasteiger partial charge in [-0.05, 0) is 59.4 Å². The molecule has 0 fully saturated rings. The van der Waals surface area contributed by atoms with Crippen LogP contribution in [0.2, 0.25) is 0 Å². The van der Waals surface area contributed by atoms with Crippen molar-refractivity contribution in [3.63, 3.8) is 0 Å². The first-order chi connectivity index (χ1) is 30.6. The number of benzene rings is 6. The van der Waals surface area contributed by atoms with Crippen molar-refractivity contribution in [3.8, 4) is 11.5 Å². The Balaban J connectivity index is 1.23. The number of phosphoric acid groups is 1. The Kier molecular flexibility index (Phi) is 16.6. The fraction of sp³-hybridized carbons (Fsp3) is 0.204. The summed E-state index contributed by atoms with van der Waals surface area (Å²) in [7, 11) is -4.32. The standard InChI is InChI=1S/C49H50N3O10P/c1-37(50-48(55)59-34-40-22-12-5-13-23-40)46(53)51-52-49(2,47(54)58-33-39-20-10-4-11-21-39)31-43-28-29-44(45(30-43)57-32-38-18-8-3-9-19-38)62-63(56,60-35-41-24-14-6-15-25-41)61-36-42-26-16-7-17-27-42/h3-30,37,52H,31-36H2,1-2H3,(H,50,55)(H,51,53)/t37-,49?/m0/s1. The second-order valence-electron chi connectivity index (χ2n) is 14.7. The first kappa shape index (κ1) is 45.8. The maximum atomic E-state index is 14.5. The van der Waals surface area contributed by atoms with Gasteiger partial charge in [0.15, 0.2) is 11.5 Å². The van der Waals surface area contributed by atoms with E-state index in [1.165, 1.54) is 6.92 Å². The molecule has 1 unspecified atom stereocenters. The number of hydrazine groups is 1. The summed E-state index contributed by atoms with van der Waals surface area (Å²) in [6.07, 6.45) is -0.839. The second-order valence-corrected chi connectivity index (χ2v) is 16.3. The average molecular weight is 872 g/mol. The third kappa shape index (κ3) is 14.7. The SMILES string of the molecule is C[C@H](NC(=O)OCc1ccccc1)C(=O)NNC(C)(Cc1ccc(OP(=O)(OCc2ccccc2)OCc2ccccc2)c(OCc2ccccc2)c1)C(=O)OCc1ccccc1. The molecule has 2 amide bonds. The van der Waals surface area contributed by atoms with Crippen molar-refractivity contribution in [2.24, 2.45) is 0 Å². The number of esters is 1. The molecule has 13 nitrogen and oxygen atoms in total. The first-order valence-electron chi connectivity index (χ1n) is 20.3. The van der Waals surface area contributed by atoms with Crippen molar-refractivity contribution in [3.05, 3.63) is 203 Å². The predicted octanol–water partition coefficient (Wildman–Crippen LogP) is 9.17. The molecular weight excluding hydrogens is 822 g/mol. The van der Waals surface area contributed by atoms with Gasteiger partial charge in [-0.1, -0.05) is 158 Å². The van der Waals surface area contributed by atoms with Crippen LogP contribution in [0.5, 0.6) is 11.5 Å². The Morgan fingerprint density at radius 1 is 0.556 bits per heavy atom. The van der Waals surface area contributed by atoms with Gasteiger partial charge >= 0.3 is 19.9 Å². The molecule has 6 rings (SSSR count). The summed E-state index contributed by atoms with van der Waals surface area (Å²) >= 11 is 0. The molecule has 0 aliphatic heterocycles. The highest BCUT2D eigenvalue weighted by Gasteiger charge is 2.37. The number of phosphoric ester groups is 1. The minimum atomic E-state index is -4.32. The van der Waals surface area contributed by atoms with Crippen LogP contribution in [-0.4, -0.2) is 29.6 Å². The third-order valence-electron chi connectivity index (χ3n) is 9.54. The molecule has 0 aromatic heterocycles. The van der Waals surface area contributed by atoms with Crippen LogP contribution in [0.1, 0.15) is 47.2 Å². The number of carbonyl (C=O) groups is 3. The van der Waals surface area contributed by atoms with E-state index in [9.17, 15) is 18.9 Å². The molecule has 0 bridgehead atoms. The van der Waals surface area contributed by atoms with E-state index in [0.717, 1.165) is 27.8 Å². The number of alkyl carbamates (subject to hydrolysis) is 1. The van der Waals surface area contributed by atoms with Gasteiger partial charge in [-0.25, -0.2) is 19.6 Å². The molecule has 6 aromatic rings. The highest BCUT2D eigenvalue weighted by molar-refractivity contribution is 7.48. The van der Waals surface area contributed by atoms with E-state index in [-0.39, 0.29) is 51.0 Å². The molecule has 0 aliphatic carbocycles. The van der Waals surface area contributed by atoms with Crippen molar-refractivity contribution in [1.82, 2.24) is 16.2 Å². The zero-order valence-corrected chi connectivity index (χ0v) is 35.9. The lowest BCUT2D eigenvalue weighted by molar-refractivity contribution is -0.153. The zero-order valence-electron chi connectivity index (χ0n) is 35.0. The van der Waals surface area contributed by atoms with Gasteiger partial charge in [0.25, 0.3) is 5.91 Å². The van der Waals surface area contributed by atoms with Crippen LogP contribution in [0.4, 0.5) is 4.79 Å². The number of hydrogen-bond acceptors (Lipinski definition) is 11. The Bertz CT molecular complexity index is 2370. The Morgan fingerprint density at radius 3 is 1.49 bits per heavy atom. The number of rotatable bonds is 22. The van der Waals surface area contributed by atoms with Gasteiger partial charge in [-0.2, -0.15) is 0 Å². The molecule has 0 radical (unpaired) electrons. The third-order valence-corrected chi connectivity index (χ3v) is 10.9. The van der Waals surface area contributed by atoms with Gasteiger partial charge in [-0.3, -0.25) is 19.3 Å². The summed E-state index contributed by atoms with van der Waals surface area (Å²) in [5.74, 6) is -1.09. The van der Waals surface area contributed by atoms with Gasteiger partial charge in [-0.15, -0.1) is 0 Å². The number of hydrogen-bond donors (Lipinski definition) is 3. The molecule has 6 aromatic carbocycles. The predicted molar refractivity (Wildman–Crippen MR) is 237 cm³/mol. The van der Waals surface area contributed by atoms with Crippen LogP contribution >= 0.6 is 7.82 Å². The zero-order chi connectivity index (χ0) is 44.3. The monoisotopic (exact) mass is 871 g/mol. The van der Waals surface area contributed by atoms with Crippen molar-refractivity contribution >= 4 is 25.8 Å². The lowest BCUT2D eigenvalue weighted by Crippen LogP contribution is -2.61. The van der Waals surface area contributed by atoms with E-state index in [2.05, 4.69) is 16.2 Å². The van der Waals surface area contributed by atoms with Gasteiger partial charge in [0.05, 0.1) is 13.2 Å². The molecule has 0 saturated carbocycles. The number of carbonyl (C=O) groups excluding carboxylic acids is 3. The molecule has 3 N–H and O–H groups in total. The summed E-state index contributed by atoms with van der Waals surface area (Å²) < 4.78 is 49.8. The summed E-state index contributed by atoms with van der Waals surface area (Å²) in [4.78, 5) is 39.8. The maximum Gasteiger partial charge on any atom is 0.530 e. The summed E-state index contributed by atoms with van der Waals surface area (Å²) in [6.45, 7) is 3.03. The van der Waals surface area contributed by atoms with E-state index in [1.807, 2.05) is 152 Å². The van der Waals surface area contributed by atoms with E-state index >= 15 is 0 Å². The molecule has 0 spiro atoms.